The van der Waals surface area contributed by atoms with E-state index in [0.717, 1.165) is 31.4 Å². The quantitative estimate of drug-likeness (QED) is 0.842. The van der Waals surface area contributed by atoms with Gasteiger partial charge in [0.2, 0.25) is 5.91 Å². The Morgan fingerprint density at radius 1 is 1.33 bits per heavy atom. The molecule has 1 aliphatic heterocycles. The molecule has 5 nitrogen and oxygen atoms in total. The van der Waals surface area contributed by atoms with Crippen molar-refractivity contribution in [1.82, 2.24) is 10.6 Å². The van der Waals surface area contributed by atoms with Crippen LogP contribution in [0.2, 0.25) is 0 Å². The average Bonchev–Trinajstić information content (AvgIpc) is 2.53. The van der Waals surface area contributed by atoms with E-state index in [2.05, 4.69) is 17.6 Å². The maximum atomic E-state index is 11.9. The number of rotatable bonds is 6. The summed E-state index contributed by atoms with van der Waals surface area (Å²) in [6.45, 7) is 2.89. The van der Waals surface area contributed by atoms with Gasteiger partial charge in [0.25, 0.3) is 0 Å². The Morgan fingerprint density at radius 3 is 2.71 bits per heavy atom. The molecule has 1 saturated heterocycles. The molecule has 1 aromatic carbocycles. The van der Waals surface area contributed by atoms with Crippen LogP contribution in [0.25, 0.3) is 0 Å². The predicted octanol–water partition coefficient (Wildman–Crippen LogP) is 2.02. The lowest BCUT2D eigenvalue weighted by atomic mass is 10.00. The van der Waals surface area contributed by atoms with Crippen LogP contribution < -0.4 is 20.1 Å². The van der Waals surface area contributed by atoms with Crippen LogP contribution in [0.15, 0.2) is 18.2 Å². The van der Waals surface area contributed by atoms with Crippen molar-refractivity contribution in [2.24, 2.45) is 0 Å². The van der Waals surface area contributed by atoms with Crippen LogP contribution in [0.3, 0.4) is 0 Å². The highest BCUT2D eigenvalue weighted by atomic mass is 16.5. The number of nitrogens with one attached hydrogen (secondary N) is 2. The lowest BCUT2D eigenvalue weighted by molar-refractivity contribution is -0.124. The van der Waals surface area contributed by atoms with Crippen LogP contribution in [0, 0.1) is 0 Å². The first-order valence-corrected chi connectivity index (χ1v) is 7.45. The van der Waals surface area contributed by atoms with Crippen LogP contribution in [0.1, 0.15) is 37.8 Å². The molecular formula is C16H24N2O3. The van der Waals surface area contributed by atoms with Crippen molar-refractivity contribution in [3.05, 3.63) is 23.8 Å². The highest BCUT2D eigenvalue weighted by Gasteiger charge is 2.25. The van der Waals surface area contributed by atoms with Crippen LogP contribution in [-0.4, -0.2) is 32.7 Å². The maximum Gasteiger partial charge on any atom is 0.237 e. The lowest BCUT2D eigenvalue weighted by Crippen LogP contribution is -2.49. The number of carbonyl (C=O) groups excluding carboxylic acids is 1. The fraction of sp³-hybridized carbons (Fsp3) is 0.562. The Balaban J connectivity index is 2.14. The van der Waals surface area contributed by atoms with Gasteiger partial charge in [-0.05, 0) is 37.0 Å². The van der Waals surface area contributed by atoms with Crippen molar-refractivity contribution in [1.29, 1.82) is 0 Å². The molecule has 1 fully saturated rings. The number of amides is 1. The van der Waals surface area contributed by atoms with Crippen LogP contribution in [0.4, 0.5) is 0 Å². The summed E-state index contributed by atoms with van der Waals surface area (Å²) in [6, 6.07) is 5.90. The Kier molecular flexibility index (Phi) is 5.44. The molecule has 0 saturated carbocycles. The van der Waals surface area contributed by atoms with E-state index >= 15 is 0 Å². The summed E-state index contributed by atoms with van der Waals surface area (Å²) in [5, 5.41) is 6.36. The normalized spacial score (nSPS) is 19.8. The van der Waals surface area contributed by atoms with Crippen molar-refractivity contribution in [2.75, 3.05) is 20.8 Å². The molecule has 0 spiro atoms. The third-order valence-electron chi connectivity index (χ3n) is 3.91. The molecular weight excluding hydrogens is 268 g/mol. The zero-order valence-electron chi connectivity index (χ0n) is 12.9. The molecule has 2 N–H and O–H groups in total. The zero-order chi connectivity index (χ0) is 15.2. The third-order valence-corrected chi connectivity index (χ3v) is 3.91. The molecule has 5 heteroatoms. The van der Waals surface area contributed by atoms with E-state index in [1.54, 1.807) is 14.2 Å². The van der Waals surface area contributed by atoms with E-state index in [9.17, 15) is 4.79 Å². The van der Waals surface area contributed by atoms with Gasteiger partial charge < -0.3 is 14.8 Å². The smallest absolute Gasteiger partial charge is 0.237 e. The van der Waals surface area contributed by atoms with Crippen molar-refractivity contribution in [3.8, 4) is 11.5 Å². The average molecular weight is 292 g/mol. The van der Waals surface area contributed by atoms with Crippen molar-refractivity contribution in [2.45, 2.75) is 38.3 Å². The first-order valence-electron chi connectivity index (χ1n) is 7.45. The van der Waals surface area contributed by atoms with Crippen LogP contribution in [0.5, 0.6) is 11.5 Å². The molecule has 1 amide bonds. The Hall–Kier alpha value is -1.75. The molecule has 2 atom stereocenters. The van der Waals surface area contributed by atoms with Crippen molar-refractivity contribution >= 4 is 5.91 Å². The fourth-order valence-corrected chi connectivity index (χ4v) is 2.69. The Morgan fingerprint density at radius 2 is 2.10 bits per heavy atom. The molecule has 1 aliphatic rings. The highest BCUT2D eigenvalue weighted by Crippen LogP contribution is 2.31. The second kappa shape index (κ2) is 7.31. The topological polar surface area (TPSA) is 59.6 Å². The van der Waals surface area contributed by atoms with E-state index < -0.39 is 0 Å². The SMILES string of the molecule is CCC(NC1CCCNC1=O)c1ccc(OC)c(OC)c1. The monoisotopic (exact) mass is 292 g/mol. The van der Waals surface area contributed by atoms with E-state index in [4.69, 9.17) is 9.47 Å². The number of methoxy groups -OCH3 is 2. The molecule has 0 radical (unpaired) electrons. The van der Waals surface area contributed by atoms with E-state index in [-0.39, 0.29) is 18.0 Å². The molecule has 2 rings (SSSR count). The minimum absolute atomic E-state index is 0.0974. The lowest BCUT2D eigenvalue weighted by Gasteiger charge is -2.28. The van der Waals surface area contributed by atoms with Gasteiger partial charge in [-0.2, -0.15) is 0 Å². The van der Waals surface area contributed by atoms with Gasteiger partial charge in [-0.25, -0.2) is 0 Å². The first kappa shape index (κ1) is 15.6. The third kappa shape index (κ3) is 3.67. The van der Waals surface area contributed by atoms with Crippen molar-refractivity contribution in [3.63, 3.8) is 0 Å². The van der Waals surface area contributed by atoms with Crippen LogP contribution in [-0.2, 0) is 4.79 Å². The minimum atomic E-state index is -0.114. The molecule has 1 aromatic rings. The van der Waals surface area contributed by atoms with Crippen molar-refractivity contribution < 1.29 is 14.3 Å². The number of hydrogen-bond donors (Lipinski definition) is 2. The van der Waals surface area contributed by atoms with Crippen LogP contribution >= 0.6 is 0 Å². The van der Waals surface area contributed by atoms with E-state index in [0.29, 0.717) is 11.5 Å². The maximum absolute atomic E-state index is 11.9. The number of benzene rings is 1. The van der Waals surface area contributed by atoms with E-state index in [1.807, 2.05) is 18.2 Å². The summed E-state index contributed by atoms with van der Waals surface area (Å²) < 4.78 is 10.6. The fourth-order valence-electron chi connectivity index (χ4n) is 2.69. The summed E-state index contributed by atoms with van der Waals surface area (Å²) in [5.41, 5.74) is 1.11. The van der Waals surface area contributed by atoms with Gasteiger partial charge in [-0.3, -0.25) is 10.1 Å². The molecule has 1 heterocycles. The van der Waals surface area contributed by atoms with Gasteiger partial charge in [-0.1, -0.05) is 13.0 Å². The zero-order valence-corrected chi connectivity index (χ0v) is 12.9. The summed E-state index contributed by atoms with van der Waals surface area (Å²) in [7, 11) is 3.25. The summed E-state index contributed by atoms with van der Waals surface area (Å²) in [5.74, 6) is 1.52. The highest BCUT2D eigenvalue weighted by molar-refractivity contribution is 5.82. The summed E-state index contributed by atoms with van der Waals surface area (Å²) in [6.07, 6.45) is 2.81. The molecule has 21 heavy (non-hydrogen) atoms. The summed E-state index contributed by atoms with van der Waals surface area (Å²) >= 11 is 0. The first-order chi connectivity index (χ1) is 10.2. The number of ether oxygens (including phenoxy) is 2. The Labute approximate surface area is 126 Å². The molecule has 0 aliphatic carbocycles. The van der Waals surface area contributed by atoms with Gasteiger partial charge in [0.1, 0.15) is 0 Å². The van der Waals surface area contributed by atoms with Gasteiger partial charge in [-0.15, -0.1) is 0 Å². The molecule has 116 valence electrons. The minimum Gasteiger partial charge on any atom is -0.493 e. The van der Waals surface area contributed by atoms with Gasteiger partial charge >= 0.3 is 0 Å². The largest absolute Gasteiger partial charge is 0.493 e. The Bertz CT molecular complexity index is 490. The molecule has 0 bridgehead atoms. The van der Waals surface area contributed by atoms with Gasteiger partial charge in [0.05, 0.1) is 20.3 Å². The summed E-state index contributed by atoms with van der Waals surface area (Å²) in [4.78, 5) is 11.9. The van der Waals surface area contributed by atoms with Gasteiger partial charge in [0.15, 0.2) is 11.5 Å². The second-order valence-electron chi connectivity index (χ2n) is 5.23. The second-order valence-corrected chi connectivity index (χ2v) is 5.23. The van der Waals surface area contributed by atoms with Gasteiger partial charge in [0, 0.05) is 12.6 Å². The molecule has 2 unspecified atom stereocenters. The molecule has 0 aromatic heterocycles. The number of piperidine rings is 1. The van der Waals surface area contributed by atoms with E-state index in [1.165, 1.54) is 0 Å². The standard InChI is InChI=1S/C16H24N2O3/c1-4-12(18-13-6-5-9-17-16(13)19)11-7-8-14(20-2)15(10-11)21-3/h7-8,10,12-13,18H,4-6,9H2,1-3H3,(H,17,19). The predicted molar refractivity (Wildman–Crippen MR) is 81.7 cm³/mol. The number of hydrogen-bond acceptors (Lipinski definition) is 4. The number of carbonyl (C=O) groups is 1.